The summed E-state index contributed by atoms with van der Waals surface area (Å²) in [5.41, 5.74) is 0.683. The normalized spacial score (nSPS) is 27.0. The first-order valence-electron chi connectivity index (χ1n) is 9.60. The topological polar surface area (TPSA) is 68.8 Å². The predicted molar refractivity (Wildman–Crippen MR) is 100 cm³/mol. The van der Waals surface area contributed by atoms with E-state index in [1.165, 1.54) is 6.07 Å². The van der Waals surface area contributed by atoms with Crippen molar-refractivity contribution < 1.29 is 19.0 Å². The van der Waals surface area contributed by atoms with E-state index in [2.05, 4.69) is 9.88 Å². The maximum Gasteiger partial charge on any atom is 0.270 e. The summed E-state index contributed by atoms with van der Waals surface area (Å²) < 4.78 is 19.3. The lowest BCUT2D eigenvalue weighted by molar-refractivity contribution is -0.0614. The Morgan fingerprint density at radius 3 is 2.85 bits per heavy atom. The third kappa shape index (κ3) is 3.47. The van der Waals surface area contributed by atoms with Crippen LogP contribution in [0.5, 0.6) is 0 Å². The fourth-order valence-electron chi connectivity index (χ4n) is 4.44. The van der Waals surface area contributed by atoms with Crippen molar-refractivity contribution >= 4 is 16.8 Å². The molecule has 1 saturated heterocycles. The highest BCUT2D eigenvalue weighted by Gasteiger charge is 2.39. The molecule has 1 saturated carbocycles. The molecule has 0 bridgehead atoms. The van der Waals surface area contributed by atoms with Crippen LogP contribution in [0.1, 0.15) is 29.8 Å². The number of aromatic amines is 1. The van der Waals surface area contributed by atoms with Gasteiger partial charge >= 0.3 is 0 Å². The van der Waals surface area contributed by atoms with Crippen LogP contribution < -0.4 is 0 Å². The molecule has 146 valence electrons. The minimum absolute atomic E-state index is 0.0445. The predicted octanol–water partition coefficient (Wildman–Crippen LogP) is 1.99. The second-order valence-electron chi connectivity index (χ2n) is 7.51. The molecule has 1 aromatic carbocycles. The smallest absolute Gasteiger partial charge is 0.270 e. The van der Waals surface area contributed by atoms with Crippen molar-refractivity contribution in [2.24, 2.45) is 0 Å². The van der Waals surface area contributed by atoms with Gasteiger partial charge in [-0.2, -0.15) is 0 Å². The summed E-state index contributed by atoms with van der Waals surface area (Å²) in [6.45, 7) is 2.99. The molecule has 3 atom stereocenters. The van der Waals surface area contributed by atoms with E-state index in [-0.39, 0.29) is 23.8 Å². The van der Waals surface area contributed by atoms with E-state index < -0.39 is 6.10 Å². The number of aliphatic hydroxyl groups is 1. The summed E-state index contributed by atoms with van der Waals surface area (Å²) in [5.74, 6) is -0.600. The molecular weight excluding hydrogens is 349 g/mol. The Morgan fingerprint density at radius 2 is 2.11 bits per heavy atom. The Balaban J connectivity index is 1.52. The van der Waals surface area contributed by atoms with E-state index >= 15 is 0 Å². The summed E-state index contributed by atoms with van der Waals surface area (Å²) in [6, 6.07) is 6.23. The minimum Gasteiger partial charge on any atom is -0.389 e. The van der Waals surface area contributed by atoms with Gasteiger partial charge in [0, 0.05) is 31.6 Å². The van der Waals surface area contributed by atoms with Gasteiger partial charge in [-0.25, -0.2) is 4.39 Å². The molecule has 0 radical (unpaired) electrons. The first kappa shape index (κ1) is 18.4. The van der Waals surface area contributed by atoms with E-state index in [4.69, 9.17) is 4.74 Å². The first-order valence-corrected chi connectivity index (χ1v) is 9.60. The number of morpholine rings is 1. The fraction of sp³-hybridized carbons (Fsp3) is 0.550. The van der Waals surface area contributed by atoms with Crippen molar-refractivity contribution in [1.82, 2.24) is 14.8 Å². The van der Waals surface area contributed by atoms with Crippen LogP contribution >= 0.6 is 0 Å². The number of aromatic nitrogens is 1. The number of aliphatic hydroxyl groups excluding tert-OH is 1. The lowest BCUT2D eigenvalue weighted by Crippen LogP contribution is -2.58. The number of benzene rings is 1. The second-order valence-corrected chi connectivity index (χ2v) is 7.51. The van der Waals surface area contributed by atoms with E-state index in [0.717, 1.165) is 32.4 Å². The number of para-hydroxylation sites is 1. The van der Waals surface area contributed by atoms with Crippen LogP contribution in [0.4, 0.5) is 4.39 Å². The Bertz CT molecular complexity index is 818. The number of H-pyrrole nitrogens is 1. The molecule has 6 nitrogen and oxygen atoms in total. The van der Waals surface area contributed by atoms with Crippen molar-refractivity contribution in [3.05, 3.63) is 35.8 Å². The molecule has 1 amide bonds. The molecule has 2 aliphatic rings. The van der Waals surface area contributed by atoms with Gasteiger partial charge in [-0.3, -0.25) is 9.69 Å². The zero-order valence-electron chi connectivity index (χ0n) is 15.5. The highest BCUT2D eigenvalue weighted by Crippen LogP contribution is 2.28. The summed E-state index contributed by atoms with van der Waals surface area (Å²) in [4.78, 5) is 19.8. The molecule has 7 heteroatoms. The molecule has 1 aliphatic heterocycles. The number of ether oxygens (including phenoxy) is 1. The van der Waals surface area contributed by atoms with Gasteiger partial charge in [-0.15, -0.1) is 0 Å². The molecule has 2 heterocycles. The van der Waals surface area contributed by atoms with Crippen LogP contribution in [0.15, 0.2) is 24.3 Å². The van der Waals surface area contributed by atoms with E-state index in [1.54, 1.807) is 30.1 Å². The van der Waals surface area contributed by atoms with Gasteiger partial charge in [-0.05, 0) is 31.4 Å². The number of carbonyl (C=O) groups is 1. The Morgan fingerprint density at radius 1 is 1.33 bits per heavy atom. The number of nitrogens with one attached hydrogen (secondary N) is 1. The number of hydrogen-bond donors (Lipinski definition) is 2. The van der Waals surface area contributed by atoms with Gasteiger partial charge in [-0.1, -0.05) is 12.1 Å². The number of rotatable bonds is 3. The molecule has 0 spiro atoms. The van der Waals surface area contributed by atoms with Gasteiger partial charge in [0.25, 0.3) is 5.91 Å². The van der Waals surface area contributed by atoms with Crippen molar-refractivity contribution in [2.45, 2.75) is 37.5 Å². The SMILES string of the molecule is CN(C(=O)c1cc2cccc(F)c2[nH]1)[C@@H]1CCC[C@@H](N2CCOCC2)[C@@H]1O. The summed E-state index contributed by atoms with van der Waals surface area (Å²) >= 11 is 0. The molecular formula is C20H26FN3O3. The third-order valence-corrected chi connectivity index (χ3v) is 5.96. The van der Waals surface area contributed by atoms with Gasteiger partial charge in [0.15, 0.2) is 0 Å². The first-order chi connectivity index (χ1) is 13.1. The summed E-state index contributed by atoms with van der Waals surface area (Å²) in [6.07, 6.45) is 2.05. The van der Waals surface area contributed by atoms with Crippen molar-refractivity contribution in [3.63, 3.8) is 0 Å². The zero-order chi connectivity index (χ0) is 19.0. The molecule has 27 heavy (non-hydrogen) atoms. The Labute approximate surface area is 157 Å². The van der Waals surface area contributed by atoms with E-state index in [1.807, 2.05) is 0 Å². The molecule has 0 unspecified atom stereocenters. The summed E-state index contributed by atoms with van der Waals surface area (Å²) in [5, 5.41) is 11.7. The van der Waals surface area contributed by atoms with Crippen LogP contribution in [0.25, 0.3) is 10.9 Å². The molecule has 4 rings (SSSR count). The van der Waals surface area contributed by atoms with Crippen LogP contribution in [-0.4, -0.2) is 77.3 Å². The van der Waals surface area contributed by atoms with Crippen molar-refractivity contribution in [2.75, 3.05) is 33.4 Å². The van der Waals surface area contributed by atoms with Crippen LogP contribution in [0, 0.1) is 5.82 Å². The van der Waals surface area contributed by atoms with Crippen molar-refractivity contribution in [3.8, 4) is 0 Å². The molecule has 2 aromatic rings. The average molecular weight is 375 g/mol. The molecule has 1 aromatic heterocycles. The third-order valence-electron chi connectivity index (χ3n) is 5.96. The lowest BCUT2D eigenvalue weighted by Gasteiger charge is -2.45. The van der Waals surface area contributed by atoms with Gasteiger partial charge in [0.1, 0.15) is 11.5 Å². The second kappa shape index (κ2) is 7.58. The Kier molecular flexibility index (Phi) is 5.16. The zero-order valence-corrected chi connectivity index (χ0v) is 15.5. The number of nitrogens with zero attached hydrogens (tertiary/aromatic N) is 2. The Hall–Kier alpha value is -1.96. The maximum atomic E-state index is 13.9. The number of hydrogen-bond acceptors (Lipinski definition) is 4. The van der Waals surface area contributed by atoms with Crippen molar-refractivity contribution in [1.29, 1.82) is 0 Å². The van der Waals surface area contributed by atoms with Crippen LogP contribution in [0.2, 0.25) is 0 Å². The van der Waals surface area contributed by atoms with Crippen LogP contribution in [-0.2, 0) is 4.74 Å². The number of amides is 1. The highest BCUT2D eigenvalue weighted by atomic mass is 19.1. The van der Waals surface area contributed by atoms with E-state index in [9.17, 15) is 14.3 Å². The molecule has 1 aliphatic carbocycles. The molecule has 2 fully saturated rings. The van der Waals surface area contributed by atoms with Gasteiger partial charge in [0.2, 0.25) is 0 Å². The number of likely N-dealkylation sites (N-methyl/N-ethyl adjacent to an activating group) is 1. The van der Waals surface area contributed by atoms with E-state index in [0.29, 0.717) is 29.8 Å². The lowest BCUT2D eigenvalue weighted by atomic mass is 9.86. The quantitative estimate of drug-likeness (QED) is 0.861. The number of halogens is 1. The van der Waals surface area contributed by atoms with Gasteiger partial charge in [0.05, 0.1) is 30.9 Å². The highest BCUT2D eigenvalue weighted by molar-refractivity contribution is 5.98. The minimum atomic E-state index is -0.605. The number of fused-ring (bicyclic) bond motifs is 1. The average Bonchev–Trinajstić information content (AvgIpc) is 3.13. The van der Waals surface area contributed by atoms with Crippen LogP contribution in [0.3, 0.4) is 0 Å². The maximum absolute atomic E-state index is 13.9. The molecule has 2 N–H and O–H groups in total. The van der Waals surface area contributed by atoms with Gasteiger partial charge < -0.3 is 19.7 Å². The number of carbonyl (C=O) groups excluding carboxylic acids is 1. The standard InChI is InChI=1S/C20H26FN3O3/c1-23(20(26)15-12-13-4-2-5-14(21)18(13)22-15)16-6-3-7-17(19(16)25)24-8-10-27-11-9-24/h2,4-5,12,16-17,19,22,25H,3,6-11H2,1H3/t16-,17-,19-/m1/s1. The monoisotopic (exact) mass is 375 g/mol. The largest absolute Gasteiger partial charge is 0.389 e. The summed E-state index contributed by atoms with van der Waals surface area (Å²) in [7, 11) is 1.72. The fourth-order valence-corrected chi connectivity index (χ4v) is 4.44.